The van der Waals surface area contributed by atoms with E-state index in [4.69, 9.17) is 35.8 Å². The number of aliphatic carboxylic acids is 2. The SMILES string of the molecule is O=C(CN1CCN(C(=O)c2c(F)cccc2Cl)CC1)c1ccco1.O=C(O)C(=O)O. The summed E-state index contributed by atoms with van der Waals surface area (Å²) >= 11 is 5.95. The Kier molecular flexibility index (Phi) is 8.07. The molecule has 160 valence electrons. The van der Waals surface area contributed by atoms with Gasteiger partial charge in [0.15, 0.2) is 5.76 Å². The molecule has 0 atom stereocenters. The molecule has 11 heteroatoms. The highest BCUT2D eigenvalue weighted by molar-refractivity contribution is 6.33. The van der Waals surface area contributed by atoms with Gasteiger partial charge >= 0.3 is 11.9 Å². The Labute approximate surface area is 175 Å². The van der Waals surface area contributed by atoms with Crippen LogP contribution >= 0.6 is 11.6 Å². The Balaban J connectivity index is 0.000000469. The van der Waals surface area contributed by atoms with Crippen LogP contribution < -0.4 is 0 Å². The standard InChI is InChI=1S/C17H16ClFN2O3.C2H2O4/c18-12-3-1-4-13(19)16(12)17(23)21-8-6-20(7-9-21)11-14(22)15-5-2-10-24-15;3-1(4)2(5)6/h1-5,10H,6-9,11H2;(H,3,4)(H,5,6). The average molecular weight is 441 g/mol. The molecule has 0 spiro atoms. The Morgan fingerprint density at radius 3 is 2.13 bits per heavy atom. The molecule has 0 unspecified atom stereocenters. The number of furan rings is 1. The van der Waals surface area contributed by atoms with Crippen LogP contribution in [-0.4, -0.2) is 76.4 Å². The van der Waals surface area contributed by atoms with Crippen molar-refractivity contribution in [3.05, 3.63) is 58.8 Å². The highest BCUT2D eigenvalue weighted by Gasteiger charge is 2.27. The van der Waals surface area contributed by atoms with Crippen molar-refractivity contribution in [2.75, 3.05) is 32.7 Å². The van der Waals surface area contributed by atoms with Crippen molar-refractivity contribution in [3.8, 4) is 0 Å². The fourth-order valence-corrected chi connectivity index (χ4v) is 2.93. The molecule has 2 N–H and O–H groups in total. The Hall–Kier alpha value is -3.24. The number of benzene rings is 1. The van der Waals surface area contributed by atoms with Gasteiger partial charge in [0.05, 0.1) is 23.4 Å². The summed E-state index contributed by atoms with van der Waals surface area (Å²) < 4.78 is 18.9. The summed E-state index contributed by atoms with van der Waals surface area (Å²) in [5.74, 6) is -4.47. The predicted molar refractivity (Wildman–Crippen MR) is 102 cm³/mol. The normalized spacial score (nSPS) is 13.9. The van der Waals surface area contributed by atoms with Crippen LogP contribution in [0.15, 0.2) is 41.0 Å². The molecule has 1 aliphatic heterocycles. The predicted octanol–water partition coefficient (Wildman–Crippen LogP) is 1.87. The minimum atomic E-state index is -1.82. The van der Waals surface area contributed by atoms with Gasteiger partial charge in [-0.1, -0.05) is 17.7 Å². The number of piperazine rings is 1. The van der Waals surface area contributed by atoms with Crippen LogP contribution in [0.3, 0.4) is 0 Å². The second-order valence-electron chi connectivity index (χ2n) is 6.18. The Morgan fingerprint density at radius 2 is 1.63 bits per heavy atom. The van der Waals surface area contributed by atoms with Crippen LogP contribution in [0, 0.1) is 5.82 Å². The van der Waals surface area contributed by atoms with Gasteiger partial charge in [0.1, 0.15) is 5.82 Å². The molecule has 1 saturated heterocycles. The zero-order valence-corrected chi connectivity index (χ0v) is 16.3. The second kappa shape index (κ2) is 10.5. The van der Waals surface area contributed by atoms with Crippen LogP contribution in [-0.2, 0) is 9.59 Å². The highest BCUT2D eigenvalue weighted by atomic mass is 35.5. The summed E-state index contributed by atoms with van der Waals surface area (Å²) in [5.41, 5.74) is -0.0979. The monoisotopic (exact) mass is 440 g/mol. The van der Waals surface area contributed by atoms with Gasteiger partial charge in [0.25, 0.3) is 5.91 Å². The molecule has 0 saturated carbocycles. The maximum atomic E-state index is 13.9. The third-order valence-electron chi connectivity index (χ3n) is 4.18. The fraction of sp³-hybridized carbons (Fsp3) is 0.263. The molecule has 1 amide bonds. The number of Topliss-reactive ketones (excluding diaryl/α,β-unsaturated/α-hetero) is 1. The van der Waals surface area contributed by atoms with Gasteiger partial charge < -0.3 is 19.5 Å². The number of halogens is 2. The molecule has 3 rings (SSSR count). The van der Waals surface area contributed by atoms with Gasteiger partial charge in [-0.05, 0) is 24.3 Å². The number of carboxylic acid groups (broad SMARTS) is 2. The highest BCUT2D eigenvalue weighted by Crippen LogP contribution is 2.21. The molecule has 1 aromatic carbocycles. The van der Waals surface area contributed by atoms with Crippen molar-refractivity contribution >= 4 is 35.2 Å². The number of carbonyl (C=O) groups excluding carboxylic acids is 2. The number of hydrogen-bond acceptors (Lipinski definition) is 6. The molecule has 0 radical (unpaired) electrons. The summed E-state index contributed by atoms with van der Waals surface area (Å²) in [5, 5.41) is 14.9. The van der Waals surface area contributed by atoms with Gasteiger partial charge in [-0.15, -0.1) is 0 Å². The first-order valence-corrected chi connectivity index (χ1v) is 9.07. The van der Waals surface area contributed by atoms with Crippen molar-refractivity contribution in [2.45, 2.75) is 0 Å². The number of carboxylic acids is 2. The van der Waals surface area contributed by atoms with E-state index in [1.807, 2.05) is 4.90 Å². The number of hydrogen-bond donors (Lipinski definition) is 2. The van der Waals surface area contributed by atoms with Crippen LogP contribution in [0.25, 0.3) is 0 Å². The Morgan fingerprint density at radius 1 is 1.00 bits per heavy atom. The van der Waals surface area contributed by atoms with Crippen LogP contribution in [0.5, 0.6) is 0 Å². The first-order chi connectivity index (χ1) is 14.2. The first kappa shape index (κ1) is 23.0. The van der Waals surface area contributed by atoms with Crippen LogP contribution in [0.4, 0.5) is 4.39 Å². The molecule has 0 bridgehead atoms. The van der Waals surface area contributed by atoms with E-state index in [-0.39, 0.29) is 22.9 Å². The molecule has 1 fully saturated rings. The number of carbonyl (C=O) groups is 4. The molecule has 2 heterocycles. The smallest absolute Gasteiger partial charge is 0.414 e. The van der Waals surface area contributed by atoms with E-state index in [1.165, 1.54) is 24.5 Å². The minimum Gasteiger partial charge on any atom is -0.473 e. The van der Waals surface area contributed by atoms with Crippen molar-refractivity contribution in [1.29, 1.82) is 0 Å². The molecule has 30 heavy (non-hydrogen) atoms. The van der Waals surface area contributed by atoms with Crippen molar-refractivity contribution in [2.24, 2.45) is 0 Å². The zero-order chi connectivity index (χ0) is 22.3. The van der Waals surface area contributed by atoms with Crippen LogP contribution in [0.2, 0.25) is 5.02 Å². The largest absolute Gasteiger partial charge is 0.473 e. The molecule has 1 aliphatic rings. The molecule has 9 nitrogen and oxygen atoms in total. The topological polar surface area (TPSA) is 128 Å². The maximum absolute atomic E-state index is 13.9. The van der Waals surface area contributed by atoms with E-state index in [1.54, 1.807) is 17.0 Å². The van der Waals surface area contributed by atoms with Gasteiger partial charge in [0, 0.05) is 26.2 Å². The molecule has 0 aliphatic carbocycles. The van der Waals surface area contributed by atoms with Crippen molar-refractivity contribution < 1.29 is 38.2 Å². The number of amides is 1. The average Bonchev–Trinajstić information content (AvgIpc) is 3.24. The van der Waals surface area contributed by atoms with E-state index in [0.29, 0.717) is 31.9 Å². The van der Waals surface area contributed by atoms with E-state index >= 15 is 0 Å². The Bertz CT molecular complexity index is 893. The zero-order valence-electron chi connectivity index (χ0n) is 15.6. The summed E-state index contributed by atoms with van der Waals surface area (Å²) in [6.45, 7) is 2.12. The minimum absolute atomic E-state index is 0.0979. The van der Waals surface area contributed by atoms with Crippen LogP contribution in [0.1, 0.15) is 20.9 Å². The number of rotatable bonds is 4. The fourth-order valence-electron chi connectivity index (χ4n) is 2.69. The van der Waals surface area contributed by atoms with Crippen molar-refractivity contribution in [1.82, 2.24) is 9.80 Å². The lowest BCUT2D eigenvalue weighted by atomic mass is 10.1. The number of nitrogens with zero attached hydrogens (tertiary/aromatic N) is 2. The summed E-state index contributed by atoms with van der Waals surface area (Å²) in [6.07, 6.45) is 1.46. The molecular formula is C19H18ClFN2O7. The van der Waals surface area contributed by atoms with Gasteiger partial charge in [0.2, 0.25) is 5.78 Å². The number of ketones is 1. The summed E-state index contributed by atoms with van der Waals surface area (Å²) in [7, 11) is 0. The third kappa shape index (κ3) is 6.13. The van der Waals surface area contributed by atoms with Gasteiger partial charge in [-0.25, -0.2) is 14.0 Å². The molecule has 2 aromatic rings. The molecular weight excluding hydrogens is 423 g/mol. The summed E-state index contributed by atoms with van der Waals surface area (Å²) in [4.78, 5) is 46.2. The molecule has 1 aromatic heterocycles. The lowest BCUT2D eigenvalue weighted by Gasteiger charge is -2.34. The second-order valence-corrected chi connectivity index (χ2v) is 6.58. The van der Waals surface area contributed by atoms with Gasteiger partial charge in [-0.2, -0.15) is 0 Å². The quantitative estimate of drug-likeness (QED) is 0.544. The van der Waals surface area contributed by atoms with Crippen molar-refractivity contribution in [3.63, 3.8) is 0 Å². The van der Waals surface area contributed by atoms with E-state index < -0.39 is 23.7 Å². The first-order valence-electron chi connectivity index (χ1n) is 8.69. The third-order valence-corrected chi connectivity index (χ3v) is 4.50. The summed E-state index contributed by atoms with van der Waals surface area (Å²) in [6, 6.07) is 7.48. The van der Waals surface area contributed by atoms with E-state index in [2.05, 4.69) is 0 Å². The van der Waals surface area contributed by atoms with E-state index in [0.717, 1.165) is 0 Å². The van der Waals surface area contributed by atoms with E-state index in [9.17, 15) is 14.0 Å². The lowest BCUT2D eigenvalue weighted by Crippen LogP contribution is -2.50. The maximum Gasteiger partial charge on any atom is 0.414 e. The lowest BCUT2D eigenvalue weighted by molar-refractivity contribution is -0.159. The van der Waals surface area contributed by atoms with Gasteiger partial charge in [-0.3, -0.25) is 14.5 Å².